The second-order valence-electron chi connectivity index (χ2n) is 13.6. The molecule has 4 aromatic rings. The Morgan fingerprint density at radius 3 is 1.50 bits per heavy atom. The van der Waals surface area contributed by atoms with Gasteiger partial charge < -0.3 is 20.6 Å². The van der Waals surface area contributed by atoms with Gasteiger partial charge in [0.25, 0.3) is 0 Å². The molecule has 2 aromatic heterocycles. The van der Waals surface area contributed by atoms with Crippen molar-refractivity contribution in [3.05, 3.63) is 83.0 Å². The summed E-state index contributed by atoms with van der Waals surface area (Å²) in [7, 11) is 0. The van der Waals surface area contributed by atoms with Crippen LogP contribution < -0.4 is 10.6 Å². The summed E-state index contributed by atoms with van der Waals surface area (Å²) in [5, 5.41) is 7.88. The van der Waals surface area contributed by atoms with Crippen LogP contribution in [0.2, 0.25) is 0 Å². The molecule has 6 rings (SSSR count). The first-order valence-electron chi connectivity index (χ1n) is 16.6. The molecule has 10 heteroatoms. The minimum absolute atomic E-state index is 0.0580. The zero-order chi connectivity index (χ0) is 33.7. The number of hydrogen-bond acceptors (Lipinski definition) is 4. The van der Waals surface area contributed by atoms with Gasteiger partial charge >= 0.3 is 0 Å². The zero-order valence-electron chi connectivity index (χ0n) is 27.3. The molecule has 248 valence electrons. The van der Waals surface area contributed by atoms with E-state index >= 15 is 0 Å². The lowest BCUT2D eigenvalue weighted by atomic mass is 9.80. The summed E-state index contributed by atoms with van der Waals surface area (Å²) in [6.07, 6.45) is 7.22. The van der Waals surface area contributed by atoms with Crippen LogP contribution in [-0.2, 0) is 22.7 Å². The van der Waals surface area contributed by atoms with Crippen molar-refractivity contribution in [2.75, 3.05) is 0 Å². The van der Waals surface area contributed by atoms with Crippen LogP contribution in [0, 0.1) is 35.5 Å². The van der Waals surface area contributed by atoms with Gasteiger partial charge in [-0.15, -0.1) is 0 Å². The SMILES string of the molecule is CC1(F)CCC(C(=O)NCc2ncc(C#Cc3ccc4cc(C#Cc5cnc(CNC(=O)C6CCC(C)(F)CC6)[nH]5)ccc4c3)[nH]2)CC1. The number of carbonyl (C=O) groups excluding carboxylic acids is 2. The maximum atomic E-state index is 14.0. The van der Waals surface area contributed by atoms with E-state index in [1.165, 1.54) is 0 Å². The largest absolute Gasteiger partial charge is 0.349 e. The first-order valence-corrected chi connectivity index (χ1v) is 16.6. The monoisotopic (exact) mass is 650 g/mol. The number of H-pyrrole nitrogens is 2. The highest BCUT2D eigenvalue weighted by Crippen LogP contribution is 2.35. The van der Waals surface area contributed by atoms with Crippen molar-refractivity contribution < 1.29 is 18.4 Å². The van der Waals surface area contributed by atoms with Crippen LogP contribution in [0.25, 0.3) is 10.8 Å². The molecular weight excluding hydrogens is 610 g/mol. The van der Waals surface area contributed by atoms with Crippen LogP contribution >= 0.6 is 0 Å². The topological polar surface area (TPSA) is 116 Å². The maximum Gasteiger partial charge on any atom is 0.223 e. The summed E-state index contributed by atoms with van der Waals surface area (Å²) in [6.45, 7) is 3.75. The molecule has 2 aliphatic carbocycles. The molecular formula is C38H40F2N6O2. The Balaban J connectivity index is 0.997. The van der Waals surface area contributed by atoms with Gasteiger partial charge in [-0.25, -0.2) is 18.7 Å². The second-order valence-corrected chi connectivity index (χ2v) is 13.6. The predicted molar refractivity (Wildman–Crippen MR) is 180 cm³/mol. The average Bonchev–Trinajstić information content (AvgIpc) is 3.73. The molecule has 2 heterocycles. The smallest absolute Gasteiger partial charge is 0.223 e. The third-order valence-electron chi connectivity index (χ3n) is 9.44. The number of alkyl halides is 2. The van der Waals surface area contributed by atoms with Crippen LogP contribution in [0.5, 0.6) is 0 Å². The lowest BCUT2D eigenvalue weighted by Gasteiger charge is -2.30. The fourth-order valence-corrected chi connectivity index (χ4v) is 6.31. The highest BCUT2D eigenvalue weighted by atomic mass is 19.1. The van der Waals surface area contributed by atoms with Gasteiger partial charge in [0.15, 0.2) is 0 Å². The van der Waals surface area contributed by atoms with Crippen LogP contribution in [0.4, 0.5) is 8.78 Å². The average molecular weight is 651 g/mol. The number of rotatable bonds is 6. The Labute approximate surface area is 279 Å². The van der Waals surface area contributed by atoms with E-state index < -0.39 is 11.3 Å². The normalized spacial score (nSPS) is 23.8. The Morgan fingerprint density at radius 1 is 0.708 bits per heavy atom. The molecule has 0 unspecified atom stereocenters. The lowest BCUT2D eigenvalue weighted by Crippen LogP contribution is -2.36. The third-order valence-corrected chi connectivity index (χ3v) is 9.44. The molecule has 0 bridgehead atoms. The molecule has 2 aromatic carbocycles. The van der Waals surface area contributed by atoms with Gasteiger partial charge in [-0.3, -0.25) is 9.59 Å². The first-order chi connectivity index (χ1) is 23.0. The summed E-state index contributed by atoms with van der Waals surface area (Å²) in [5.74, 6) is 13.4. The van der Waals surface area contributed by atoms with Crippen molar-refractivity contribution in [1.29, 1.82) is 0 Å². The zero-order valence-corrected chi connectivity index (χ0v) is 27.3. The fraction of sp³-hybridized carbons (Fsp3) is 0.421. The number of halogens is 2. The molecule has 2 fully saturated rings. The summed E-state index contributed by atoms with van der Waals surface area (Å²) in [6, 6.07) is 12.0. The molecule has 2 aliphatic rings. The van der Waals surface area contributed by atoms with E-state index in [2.05, 4.69) is 54.3 Å². The number of benzene rings is 2. The number of aromatic nitrogens is 4. The van der Waals surface area contributed by atoms with E-state index in [9.17, 15) is 18.4 Å². The van der Waals surface area contributed by atoms with Gasteiger partial charge in [0.05, 0.1) is 25.5 Å². The summed E-state index contributed by atoms with van der Waals surface area (Å²) in [4.78, 5) is 39.9. The predicted octanol–water partition coefficient (Wildman–Crippen LogP) is 6.15. The number of hydrogen-bond donors (Lipinski definition) is 4. The minimum Gasteiger partial charge on any atom is -0.349 e. The Morgan fingerprint density at radius 2 is 1.10 bits per heavy atom. The van der Waals surface area contributed by atoms with E-state index in [1.54, 1.807) is 26.2 Å². The number of carbonyl (C=O) groups is 2. The number of aromatic amines is 2. The van der Waals surface area contributed by atoms with Crippen LogP contribution in [0.15, 0.2) is 48.8 Å². The fourth-order valence-electron chi connectivity index (χ4n) is 6.31. The van der Waals surface area contributed by atoms with Crippen LogP contribution in [0.1, 0.15) is 99.4 Å². The van der Waals surface area contributed by atoms with Gasteiger partial charge in [-0.05, 0) is 112 Å². The number of nitrogens with zero attached hydrogens (tertiary/aromatic N) is 2. The standard InChI is InChI=1S/C38H40F2N6O2/c1-37(39)15-11-27(12-16-37)35(47)43-23-33-41-21-31(45-33)9-5-25-3-7-30-20-26(4-8-29(30)19-25)6-10-32-22-42-34(46-32)24-44-36(48)28-13-17-38(2,40)18-14-28/h3-4,7-8,19-22,27-28H,11-18,23-24H2,1-2H3,(H,41,45)(H,42,46)(H,43,47)(H,44,48). The van der Waals surface area contributed by atoms with Crippen LogP contribution in [-0.4, -0.2) is 43.1 Å². The lowest BCUT2D eigenvalue weighted by molar-refractivity contribution is -0.127. The van der Waals surface area contributed by atoms with Crippen molar-refractivity contribution in [2.45, 2.75) is 89.6 Å². The molecule has 0 aliphatic heterocycles. The van der Waals surface area contributed by atoms with Crippen molar-refractivity contribution in [3.8, 4) is 23.7 Å². The molecule has 0 saturated heterocycles. The summed E-state index contributed by atoms with van der Waals surface area (Å²) in [5.41, 5.74) is 0.672. The molecule has 8 nitrogen and oxygen atoms in total. The van der Waals surface area contributed by atoms with Crippen molar-refractivity contribution in [3.63, 3.8) is 0 Å². The van der Waals surface area contributed by atoms with Crippen molar-refractivity contribution >= 4 is 22.6 Å². The molecule has 0 spiro atoms. The van der Waals surface area contributed by atoms with Gasteiger partial charge in [-0.1, -0.05) is 24.0 Å². The molecule has 0 radical (unpaired) electrons. The first kappa shape index (κ1) is 33.0. The molecule has 48 heavy (non-hydrogen) atoms. The maximum absolute atomic E-state index is 14.0. The van der Waals surface area contributed by atoms with E-state index in [-0.39, 0.29) is 36.7 Å². The highest BCUT2D eigenvalue weighted by molar-refractivity contribution is 5.85. The summed E-state index contributed by atoms with van der Waals surface area (Å²) >= 11 is 0. The molecule has 2 amide bonds. The molecule has 2 saturated carbocycles. The van der Waals surface area contributed by atoms with Gasteiger partial charge in [0.1, 0.15) is 34.4 Å². The van der Waals surface area contributed by atoms with E-state index in [4.69, 9.17) is 0 Å². The van der Waals surface area contributed by atoms with Gasteiger partial charge in [0.2, 0.25) is 11.8 Å². The Kier molecular flexibility index (Phi) is 9.63. The van der Waals surface area contributed by atoms with E-state index in [1.807, 2.05) is 36.4 Å². The van der Waals surface area contributed by atoms with E-state index in [0.29, 0.717) is 74.4 Å². The minimum atomic E-state index is -1.16. The number of imidazole rings is 2. The second kappa shape index (κ2) is 14.0. The van der Waals surface area contributed by atoms with Crippen LogP contribution in [0.3, 0.4) is 0 Å². The quantitative estimate of drug-likeness (QED) is 0.187. The van der Waals surface area contributed by atoms with Gasteiger partial charge in [-0.2, -0.15) is 0 Å². The van der Waals surface area contributed by atoms with Crippen molar-refractivity contribution in [1.82, 2.24) is 30.6 Å². The third kappa shape index (κ3) is 8.68. The molecule has 0 atom stereocenters. The highest BCUT2D eigenvalue weighted by Gasteiger charge is 2.34. The summed E-state index contributed by atoms with van der Waals surface area (Å²) < 4.78 is 28.1. The van der Waals surface area contributed by atoms with E-state index in [0.717, 1.165) is 21.9 Å². The number of amides is 2. The Bertz CT molecular complexity index is 1780. The number of fused-ring (bicyclic) bond motifs is 1. The van der Waals surface area contributed by atoms with Crippen molar-refractivity contribution in [2.24, 2.45) is 11.8 Å². The molecule has 4 N–H and O–H groups in total. The number of nitrogens with one attached hydrogen (secondary N) is 4. The van der Waals surface area contributed by atoms with Gasteiger partial charge in [0, 0.05) is 23.0 Å². The Hall–Kier alpha value is -4.96.